The van der Waals surface area contributed by atoms with Crippen molar-refractivity contribution in [3.63, 3.8) is 0 Å². The van der Waals surface area contributed by atoms with Gasteiger partial charge < -0.3 is 10.2 Å². The average molecular weight is 359 g/mol. The van der Waals surface area contributed by atoms with E-state index in [1.54, 1.807) is 0 Å². The summed E-state index contributed by atoms with van der Waals surface area (Å²) in [6.45, 7) is 5.68. The SMILES string of the molecule is CC(C)c1ncc(Cl)c(C(=O)N[C@@H]2CN(C)C[C@@H]2c2ccccc2)n1. The molecule has 0 spiro atoms. The van der Waals surface area contributed by atoms with Crippen molar-refractivity contribution in [2.24, 2.45) is 0 Å². The number of likely N-dealkylation sites (N-methyl/N-ethyl adjacent to an activating group) is 1. The van der Waals surface area contributed by atoms with Gasteiger partial charge in [-0.25, -0.2) is 9.97 Å². The highest BCUT2D eigenvalue weighted by Crippen LogP contribution is 2.27. The third-order valence-electron chi connectivity index (χ3n) is 4.54. The Labute approximate surface area is 153 Å². The van der Waals surface area contributed by atoms with E-state index in [0.717, 1.165) is 13.1 Å². The molecule has 25 heavy (non-hydrogen) atoms. The molecule has 2 heterocycles. The second kappa shape index (κ2) is 7.50. The maximum atomic E-state index is 12.8. The second-order valence-electron chi connectivity index (χ2n) is 6.90. The second-order valence-corrected chi connectivity index (χ2v) is 7.30. The first kappa shape index (κ1) is 17.8. The number of nitrogens with one attached hydrogen (secondary N) is 1. The van der Waals surface area contributed by atoms with Gasteiger partial charge in [-0.2, -0.15) is 0 Å². The summed E-state index contributed by atoms with van der Waals surface area (Å²) in [5.74, 6) is 0.770. The van der Waals surface area contributed by atoms with Crippen molar-refractivity contribution < 1.29 is 4.79 Å². The monoisotopic (exact) mass is 358 g/mol. The fourth-order valence-corrected chi connectivity index (χ4v) is 3.42. The standard InChI is InChI=1S/C19H23ClN4O/c1-12(2)18-21-9-15(20)17(23-18)19(25)22-16-11-24(3)10-14(16)13-7-5-4-6-8-13/h4-9,12,14,16H,10-11H2,1-3H3,(H,22,25)/t14-,16-/m1/s1. The van der Waals surface area contributed by atoms with Crippen LogP contribution in [0.25, 0.3) is 0 Å². The van der Waals surface area contributed by atoms with Crippen molar-refractivity contribution in [3.8, 4) is 0 Å². The Bertz CT molecular complexity index is 750. The fraction of sp³-hybridized carbons (Fsp3) is 0.421. The van der Waals surface area contributed by atoms with Gasteiger partial charge in [0.25, 0.3) is 5.91 Å². The highest BCUT2D eigenvalue weighted by Gasteiger charge is 2.33. The number of likely N-dealkylation sites (tertiary alicyclic amines) is 1. The lowest BCUT2D eigenvalue weighted by molar-refractivity contribution is 0.0930. The van der Waals surface area contributed by atoms with Crippen LogP contribution in [0.15, 0.2) is 36.5 Å². The molecule has 132 valence electrons. The Morgan fingerprint density at radius 1 is 1.28 bits per heavy atom. The lowest BCUT2D eigenvalue weighted by Crippen LogP contribution is -2.40. The maximum absolute atomic E-state index is 12.8. The van der Waals surface area contributed by atoms with Gasteiger partial charge in [-0.15, -0.1) is 0 Å². The van der Waals surface area contributed by atoms with E-state index in [2.05, 4.69) is 39.4 Å². The van der Waals surface area contributed by atoms with E-state index in [9.17, 15) is 4.79 Å². The van der Waals surface area contributed by atoms with Crippen molar-refractivity contribution in [1.82, 2.24) is 20.2 Å². The highest BCUT2D eigenvalue weighted by molar-refractivity contribution is 6.33. The van der Waals surface area contributed by atoms with Gasteiger partial charge in [0, 0.05) is 31.0 Å². The molecular formula is C19H23ClN4O. The molecule has 1 N–H and O–H groups in total. The molecule has 1 fully saturated rings. The van der Waals surface area contributed by atoms with Crippen LogP contribution in [0.5, 0.6) is 0 Å². The van der Waals surface area contributed by atoms with Gasteiger partial charge >= 0.3 is 0 Å². The highest BCUT2D eigenvalue weighted by atomic mass is 35.5. The fourth-order valence-electron chi connectivity index (χ4n) is 3.24. The molecule has 0 radical (unpaired) electrons. The Morgan fingerprint density at radius 3 is 2.68 bits per heavy atom. The average Bonchev–Trinajstić information content (AvgIpc) is 2.96. The molecule has 1 aromatic heterocycles. The van der Waals surface area contributed by atoms with E-state index in [1.165, 1.54) is 11.8 Å². The normalized spacial score (nSPS) is 20.8. The van der Waals surface area contributed by atoms with Crippen molar-refractivity contribution in [2.45, 2.75) is 31.7 Å². The molecule has 0 saturated carbocycles. The number of hydrogen-bond acceptors (Lipinski definition) is 4. The van der Waals surface area contributed by atoms with Gasteiger partial charge in [0.1, 0.15) is 11.5 Å². The van der Waals surface area contributed by atoms with Crippen molar-refractivity contribution >= 4 is 17.5 Å². The topological polar surface area (TPSA) is 58.1 Å². The third-order valence-corrected chi connectivity index (χ3v) is 4.82. The number of carbonyl (C=O) groups excluding carboxylic acids is 1. The van der Waals surface area contributed by atoms with Gasteiger partial charge in [-0.05, 0) is 12.6 Å². The molecule has 0 bridgehead atoms. The first-order valence-electron chi connectivity index (χ1n) is 8.52. The van der Waals surface area contributed by atoms with Crippen LogP contribution in [0, 0.1) is 0 Å². The van der Waals surface area contributed by atoms with Crippen LogP contribution in [-0.2, 0) is 0 Å². The predicted molar refractivity (Wildman–Crippen MR) is 99.1 cm³/mol. The molecule has 1 aliphatic heterocycles. The van der Waals surface area contributed by atoms with Gasteiger partial charge in [-0.1, -0.05) is 55.8 Å². The van der Waals surface area contributed by atoms with Crippen molar-refractivity contribution in [1.29, 1.82) is 0 Å². The third kappa shape index (κ3) is 3.99. The van der Waals surface area contributed by atoms with Crippen LogP contribution in [0.1, 0.15) is 47.6 Å². The van der Waals surface area contributed by atoms with E-state index in [-0.39, 0.29) is 34.5 Å². The number of hydrogen-bond donors (Lipinski definition) is 1. The Balaban J connectivity index is 1.81. The minimum absolute atomic E-state index is 0.0217. The van der Waals surface area contributed by atoms with E-state index < -0.39 is 0 Å². The summed E-state index contributed by atoms with van der Waals surface area (Å²) in [6, 6.07) is 10.3. The number of rotatable bonds is 4. The Kier molecular flexibility index (Phi) is 5.35. The first-order valence-corrected chi connectivity index (χ1v) is 8.90. The summed E-state index contributed by atoms with van der Waals surface area (Å²) in [4.78, 5) is 23.6. The molecule has 0 unspecified atom stereocenters. The predicted octanol–water partition coefficient (Wildman–Crippen LogP) is 3.08. The molecule has 1 amide bonds. The molecule has 1 saturated heterocycles. The molecule has 2 atom stereocenters. The van der Waals surface area contributed by atoms with E-state index in [4.69, 9.17) is 11.6 Å². The Hall–Kier alpha value is -1.98. The van der Waals surface area contributed by atoms with Gasteiger partial charge in [0.15, 0.2) is 0 Å². The lowest BCUT2D eigenvalue weighted by atomic mass is 9.94. The van der Waals surface area contributed by atoms with Crippen LogP contribution in [0.3, 0.4) is 0 Å². The molecule has 0 aliphatic carbocycles. The Morgan fingerprint density at radius 2 is 2.00 bits per heavy atom. The number of benzene rings is 1. The van der Waals surface area contributed by atoms with Crippen molar-refractivity contribution in [3.05, 3.63) is 58.6 Å². The smallest absolute Gasteiger partial charge is 0.271 e. The van der Waals surface area contributed by atoms with E-state index in [1.807, 2.05) is 32.0 Å². The van der Waals surface area contributed by atoms with Crippen LogP contribution in [0.2, 0.25) is 5.02 Å². The number of amides is 1. The summed E-state index contributed by atoms with van der Waals surface area (Å²) >= 11 is 6.17. The molecule has 1 aliphatic rings. The zero-order chi connectivity index (χ0) is 18.0. The summed E-state index contributed by atoms with van der Waals surface area (Å²) in [7, 11) is 2.07. The number of carbonyl (C=O) groups is 1. The van der Waals surface area contributed by atoms with Crippen LogP contribution in [0.4, 0.5) is 0 Å². The minimum atomic E-state index is -0.240. The molecule has 5 nitrogen and oxygen atoms in total. The summed E-state index contributed by atoms with van der Waals surface area (Å²) in [5.41, 5.74) is 1.48. The molecular weight excluding hydrogens is 336 g/mol. The van der Waals surface area contributed by atoms with E-state index in [0.29, 0.717) is 5.82 Å². The zero-order valence-electron chi connectivity index (χ0n) is 14.7. The molecule has 3 rings (SSSR count). The number of halogens is 1. The number of aromatic nitrogens is 2. The largest absolute Gasteiger partial charge is 0.346 e. The molecule has 6 heteroatoms. The van der Waals surface area contributed by atoms with Gasteiger partial charge in [0.2, 0.25) is 0 Å². The minimum Gasteiger partial charge on any atom is -0.346 e. The van der Waals surface area contributed by atoms with E-state index >= 15 is 0 Å². The van der Waals surface area contributed by atoms with Gasteiger partial charge in [-0.3, -0.25) is 4.79 Å². The number of nitrogens with zero attached hydrogens (tertiary/aromatic N) is 3. The van der Waals surface area contributed by atoms with Gasteiger partial charge in [0.05, 0.1) is 11.2 Å². The van der Waals surface area contributed by atoms with Crippen molar-refractivity contribution in [2.75, 3.05) is 20.1 Å². The first-order chi connectivity index (χ1) is 12.0. The zero-order valence-corrected chi connectivity index (χ0v) is 15.5. The quantitative estimate of drug-likeness (QED) is 0.912. The van der Waals surface area contributed by atoms with Crippen LogP contribution < -0.4 is 5.32 Å². The van der Waals surface area contributed by atoms with Crippen LogP contribution in [-0.4, -0.2) is 47.0 Å². The lowest BCUT2D eigenvalue weighted by Gasteiger charge is -2.20. The maximum Gasteiger partial charge on any atom is 0.271 e. The molecule has 2 aromatic rings. The van der Waals surface area contributed by atoms with Crippen LogP contribution >= 0.6 is 11.6 Å². The summed E-state index contributed by atoms with van der Waals surface area (Å²) in [6.07, 6.45) is 1.51. The summed E-state index contributed by atoms with van der Waals surface area (Å²) < 4.78 is 0. The molecule has 1 aromatic carbocycles. The summed E-state index contributed by atoms with van der Waals surface area (Å²) in [5, 5.41) is 3.41.